The van der Waals surface area contributed by atoms with Crippen LogP contribution in [0.4, 0.5) is 0 Å². The van der Waals surface area contributed by atoms with Gasteiger partial charge in [-0.3, -0.25) is 9.59 Å². The summed E-state index contributed by atoms with van der Waals surface area (Å²) in [6.07, 6.45) is -1.24. The molecule has 2 N–H and O–H groups in total. The summed E-state index contributed by atoms with van der Waals surface area (Å²) in [5, 5.41) is 21.9. The van der Waals surface area contributed by atoms with Crippen molar-refractivity contribution in [2.45, 2.75) is 99.2 Å². The third-order valence-corrected chi connectivity index (χ3v) is 6.11. The van der Waals surface area contributed by atoms with Crippen molar-refractivity contribution in [1.29, 1.82) is 0 Å². The summed E-state index contributed by atoms with van der Waals surface area (Å²) in [5.41, 5.74) is -3.00. The van der Waals surface area contributed by atoms with E-state index in [1.54, 1.807) is 69.2 Å². The molecule has 0 aromatic rings. The lowest BCUT2D eigenvalue weighted by atomic mass is 9.65. The van der Waals surface area contributed by atoms with Gasteiger partial charge in [-0.05, 0) is 69.2 Å². The SMILES string of the molecule is CCOC(OCC)(OCC)C(OCC)(OCC)C(CC(=O)O)(C(=O)O)C(OCC)(OCC)C(OCC)(OCC)OCC. The monoisotopic (exact) mass is 614 g/mol. The van der Waals surface area contributed by atoms with Crippen molar-refractivity contribution in [3.05, 3.63) is 0 Å². The van der Waals surface area contributed by atoms with Crippen LogP contribution in [0.25, 0.3) is 0 Å². The Morgan fingerprint density at radius 2 is 0.643 bits per heavy atom. The maximum absolute atomic E-state index is 14.2. The van der Waals surface area contributed by atoms with Gasteiger partial charge in [0.2, 0.25) is 5.41 Å². The second-order valence-corrected chi connectivity index (χ2v) is 8.46. The van der Waals surface area contributed by atoms with E-state index >= 15 is 0 Å². The van der Waals surface area contributed by atoms with Gasteiger partial charge in [0, 0.05) is 66.1 Å². The molecule has 0 aliphatic heterocycles. The van der Waals surface area contributed by atoms with Crippen LogP contribution in [0, 0.1) is 5.41 Å². The van der Waals surface area contributed by atoms with E-state index in [2.05, 4.69) is 0 Å². The smallest absolute Gasteiger partial charge is 0.342 e. The van der Waals surface area contributed by atoms with Crippen LogP contribution in [0.3, 0.4) is 0 Å². The van der Waals surface area contributed by atoms with Gasteiger partial charge in [-0.15, -0.1) is 0 Å². The van der Waals surface area contributed by atoms with E-state index in [1.807, 2.05) is 0 Å². The standard InChI is InChI=1S/C28H54O14/c1-11-33-25(34-12-2,27(37-15-5,38-16-6)39-17-7)24(23(31)32,21-22(29)30)26(35-13-3,36-14-4)28(40-18-8,41-19-9)42-20-10/h11-21H2,1-10H3,(H,29,30)(H,31,32). The predicted molar refractivity (Wildman–Crippen MR) is 150 cm³/mol. The normalized spacial score (nSPS) is 13.5. The minimum atomic E-state index is -3.00. The molecule has 250 valence electrons. The summed E-state index contributed by atoms with van der Waals surface area (Å²) in [6, 6.07) is 0. The molecule has 0 aromatic carbocycles. The molecule has 14 nitrogen and oxygen atoms in total. The average molecular weight is 615 g/mol. The molecule has 0 radical (unpaired) electrons. The zero-order chi connectivity index (χ0) is 32.5. The Morgan fingerprint density at radius 1 is 0.429 bits per heavy atom. The first kappa shape index (κ1) is 40.5. The molecule has 0 aliphatic rings. The summed E-state index contributed by atoms with van der Waals surface area (Å²) < 4.78 is 61.6. The van der Waals surface area contributed by atoms with Gasteiger partial charge in [0.15, 0.2) is 0 Å². The van der Waals surface area contributed by atoms with E-state index in [-0.39, 0.29) is 66.1 Å². The van der Waals surface area contributed by atoms with Crippen molar-refractivity contribution in [3.63, 3.8) is 0 Å². The number of aliphatic carboxylic acids is 2. The third kappa shape index (κ3) is 7.42. The highest BCUT2D eigenvalue weighted by Gasteiger charge is 2.87. The Balaban J connectivity index is 9.07. The maximum Gasteiger partial charge on any atom is 0.342 e. The van der Waals surface area contributed by atoms with Crippen LogP contribution < -0.4 is 0 Å². The lowest BCUT2D eigenvalue weighted by Gasteiger charge is -2.61. The molecule has 0 aliphatic carbocycles. The van der Waals surface area contributed by atoms with Crippen molar-refractivity contribution in [2.75, 3.05) is 66.1 Å². The fourth-order valence-corrected chi connectivity index (χ4v) is 5.26. The molecule has 14 heteroatoms. The number of hydrogen-bond donors (Lipinski definition) is 2. The van der Waals surface area contributed by atoms with Gasteiger partial charge >= 0.3 is 23.9 Å². The number of carbonyl (C=O) groups is 2. The van der Waals surface area contributed by atoms with Gasteiger partial charge < -0.3 is 57.6 Å². The van der Waals surface area contributed by atoms with Crippen LogP contribution in [-0.2, 0) is 57.0 Å². The highest BCUT2D eigenvalue weighted by atomic mass is 16.9. The lowest BCUT2D eigenvalue weighted by Crippen LogP contribution is -2.84. The fraction of sp³-hybridized carbons (Fsp3) is 0.929. The number of carboxylic acids is 2. The van der Waals surface area contributed by atoms with Crippen molar-refractivity contribution in [1.82, 2.24) is 0 Å². The van der Waals surface area contributed by atoms with E-state index in [0.29, 0.717) is 0 Å². The quantitative estimate of drug-likeness (QED) is 0.129. The summed E-state index contributed by atoms with van der Waals surface area (Å²) in [6.45, 7) is 14.6. The van der Waals surface area contributed by atoms with Gasteiger partial charge in [0.1, 0.15) is 0 Å². The average Bonchev–Trinajstić information content (AvgIpc) is 2.91. The van der Waals surface area contributed by atoms with Crippen molar-refractivity contribution >= 4 is 11.9 Å². The molecule has 0 saturated heterocycles. The largest absolute Gasteiger partial charge is 0.481 e. The van der Waals surface area contributed by atoms with Gasteiger partial charge in [0.25, 0.3) is 11.6 Å². The molecule has 0 spiro atoms. The van der Waals surface area contributed by atoms with Crippen LogP contribution in [0.5, 0.6) is 0 Å². The van der Waals surface area contributed by atoms with Crippen LogP contribution in [0.2, 0.25) is 0 Å². The van der Waals surface area contributed by atoms with Crippen LogP contribution in [0.1, 0.15) is 75.7 Å². The Morgan fingerprint density at radius 3 is 0.786 bits per heavy atom. The number of carboxylic acid groups (broad SMARTS) is 2. The van der Waals surface area contributed by atoms with E-state index in [4.69, 9.17) is 47.4 Å². The molecular formula is C28H54O14. The second kappa shape index (κ2) is 19.0. The zero-order valence-corrected chi connectivity index (χ0v) is 27.1. The number of rotatable bonds is 27. The zero-order valence-electron chi connectivity index (χ0n) is 27.1. The second-order valence-electron chi connectivity index (χ2n) is 8.46. The topological polar surface area (TPSA) is 167 Å². The van der Waals surface area contributed by atoms with Gasteiger partial charge in [-0.2, -0.15) is 0 Å². The molecular weight excluding hydrogens is 560 g/mol. The maximum atomic E-state index is 14.2. The molecule has 0 rings (SSSR count). The first-order valence-corrected chi connectivity index (χ1v) is 14.8. The molecule has 0 saturated carbocycles. The molecule has 0 fully saturated rings. The minimum absolute atomic E-state index is 0.0888. The van der Waals surface area contributed by atoms with Gasteiger partial charge in [0.05, 0.1) is 6.42 Å². The van der Waals surface area contributed by atoms with Gasteiger partial charge in [-0.25, -0.2) is 0 Å². The Bertz CT molecular complexity index is 682. The Hall–Kier alpha value is -1.46. The highest BCUT2D eigenvalue weighted by Crippen LogP contribution is 2.60. The minimum Gasteiger partial charge on any atom is -0.481 e. The summed E-state index contributed by atoms with van der Waals surface area (Å²) in [4.78, 5) is 27.1. The third-order valence-electron chi connectivity index (χ3n) is 6.11. The van der Waals surface area contributed by atoms with E-state index < -0.39 is 47.3 Å². The van der Waals surface area contributed by atoms with Crippen molar-refractivity contribution < 1.29 is 67.2 Å². The van der Waals surface area contributed by atoms with E-state index in [9.17, 15) is 19.8 Å². The molecule has 0 heterocycles. The van der Waals surface area contributed by atoms with Crippen LogP contribution in [-0.4, -0.2) is 112 Å². The number of ether oxygens (including phenoxy) is 10. The fourth-order valence-electron chi connectivity index (χ4n) is 5.26. The molecule has 42 heavy (non-hydrogen) atoms. The highest BCUT2D eigenvalue weighted by molar-refractivity contribution is 5.84. The van der Waals surface area contributed by atoms with Crippen molar-refractivity contribution in [3.8, 4) is 0 Å². The lowest BCUT2D eigenvalue weighted by molar-refractivity contribution is -0.572. The first-order chi connectivity index (χ1) is 20.0. The van der Waals surface area contributed by atoms with Gasteiger partial charge in [-0.1, -0.05) is 0 Å². The Labute approximate surface area is 250 Å². The number of hydrogen-bond acceptors (Lipinski definition) is 12. The van der Waals surface area contributed by atoms with Crippen LogP contribution in [0.15, 0.2) is 0 Å². The molecule has 0 atom stereocenters. The summed E-state index contributed by atoms with van der Waals surface area (Å²) >= 11 is 0. The molecule has 0 bridgehead atoms. The molecule has 0 aromatic heterocycles. The van der Waals surface area contributed by atoms with E-state index in [1.165, 1.54) is 0 Å². The molecule has 0 amide bonds. The first-order valence-electron chi connectivity index (χ1n) is 14.8. The summed E-state index contributed by atoms with van der Waals surface area (Å²) in [5.74, 6) is -13.9. The summed E-state index contributed by atoms with van der Waals surface area (Å²) in [7, 11) is 0. The Kier molecular flexibility index (Phi) is 18.4. The van der Waals surface area contributed by atoms with E-state index in [0.717, 1.165) is 0 Å². The predicted octanol–water partition coefficient (Wildman–Crippen LogP) is 3.60. The molecule has 0 unspecified atom stereocenters. The van der Waals surface area contributed by atoms with Crippen LogP contribution >= 0.6 is 0 Å². The van der Waals surface area contributed by atoms with Crippen molar-refractivity contribution in [2.24, 2.45) is 5.41 Å².